The van der Waals surface area contributed by atoms with Gasteiger partial charge in [0.1, 0.15) is 0 Å². The zero-order valence-corrected chi connectivity index (χ0v) is 12.3. The molecule has 0 radical (unpaired) electrons. The molecule has 1 heterocycles. The summed E-state index contributed by atoms with van der Waals surface area (Å²) in [6, 6.07) is 10.9. The van der Waals surface area contributed by atoms with Gasteiger partial charge in [-0.2, -0.15) is 0 Å². The quantitative estimate of drug-likeness (QED) is 0.484. The molecule has 0 saturated carbocycles. The van der Waals surface area contributed by atoms with Crippen LogP contribution in [0.25, 0.3) is 0 Å². The number of hydrogen-bond acceptors (Lipinski definition) is 2. The summed E-state index contributed by atoms with van der Waals surface area (Å²) in [5.41, 5.74) is 6.93. The maximum atomic E-state index is 5.66. The van der Waals surface area contributed by atoms with Crippen LogP contribution in [-0.4, -0.2) is 32.1 Å². The monoisotopic (exact) mass is 346 g/mol. The van der Waals surface area contributed by atoms with E-state index in [-0.39, 0.29) is 24.0 Å². The molecule has 0 amide bonds. The van der Waals surface area contributed by atoms with Crippen molar-refractivity contribution in [3.8, 4) is 0 Å². The van der Waals surface area contributed by atoms with Crippen LogP contribution in [0.2, 0.25) is 0 Å². The largest absolute Gasteiger partial charge is 0.370 e. The van der Waals surface area contributed by atoms with Crippen molar-refractivity contribution in [2.75, 3.05) is 25.0 Å². The van der Waals surface area contributed by atoms with Crippen molar-refractivity contribution in [2.24, 2.45) is 10.7 Å². The van der Waals surface area contributed by atoms with Crippen LogP contribution in [0.1, 0.15) is 6.42 Å². The van der Waals surface area contributed by atoms with E-state index in [1.165, 1.54) is 5.69 Å². The molecule has 4 nitrogen and oxygen atoms in total. The van der Waals surface area contributed by atoms with Gasteiger partial charge in [0, 0.05) is 31.9 Å². The summed E-state index contributed by atoms with van der Waals surface area (Å²) in [5, 5.41) is 3.21. The van der Waals surface area contributed by atoms with E-state index in [9.17, 15) is 0 Å². The SMILES string of the molecule is CN=C(N)NC1CCN(c2ccccc2)C1.I. The second-order valence-electron chi connectivity index (χ2n) is 4.02. The van der Waals surface area contributed by atoms with Gasteiger partial charge in [0.2, 0.25) is 0 Å². The molecule has 0 spiro atoms. The number of guanidine groups is 1. The molecule has 94 valence electrons. The third-order valence-corrected chi connectivity index (χ3v) is 2.90. The fourth-order valence-corrected chi connectivity index (χ4v) is 2.03. The highest BCUT2D eigenvalue weighted by Crippen LogP contribution is 2.19. The maximum absolute atomic E-state index is 5.66. The Morgan fingerprint density at radius 2 is 2.12 bits per heavy atom. The molecule has 1 unspecified atom stereocenters. The van der Waals surface area contributed by atoms with E-state index in [4.69, 9.17) is 5.73 Å². The van der Waals surface area contributed by atoms with Crippen LogP contribution in [0, 0.1) is 0 Å². The van der Waals surface area contributed by atoms with Crippen molar-refractivity contribution in [1.82, 2.24) is 5.32 Å². The van der Waals surface area contributed by atoms with E-state index in [0.29, 0.717) is 12.0 Å². The second-order valence-corrected chi connectivity index (χ2v) is 4.02. The number of hydrogen-bond donors (Lipinski definition) is 2. The highest BCUT2D eigenvalue weighted by molar-refractivity contribution is 14.0. The normalized spacial score (nSPS) is 19.9. The van der Waals surface area contributed by atoms with E-state index in [1.807, 2.05) is 6.07 Å². The minimum atomic E-state index is 0. The van der Waals surface area contributed by atoms with Crippen LogP contribution in [0.5, 0.6) is 0 Å². The van der Waals surface area contributed by atoms with Gasteiger partial charge in [-0.1, -0.05) is 18.2 Å². The van der Waals surface area contributed by atoms with Gasteiger partial charge in [-0.05, 0) is 18.6 Å². The van der Waals surface area contributed by atoms with Gasteiger partial charge >= 0.3 is 0 Å². The third kappa shape index (κ3) is 3.76. The molecule has 0 aliphatic carbocycles. The van der Waals surface area contributed by atoms with Gasteiger partial charge in [-0.15, -0.1) is 24.0 Å². The summed E-state index contributed by atoms with van der Waals surface area (Å²) in [6.07, 6.45) is 1.10. The van der Waals surface area contributed by atoms with E-state index >= 15 is 0 Å². The Kier molecular flexibility index (Phi) is 5.54. The number of anilines is 1. The Bertz CT molecular complexity index is 366. The molecule has 1 aliphatic rings. The van der Waals surface area contributed by atoms with E-state index in [0.717, 1.165) is 19.5 Å². The smallest absolute Gasteiger partial charge is 0.188 e. The van der Waals surface area contributed by atoms with Gasteiger partial charge in [-0.25, -0.2) is 0 Å². The van der Waals surface area contributed by atoms with Crippen molar-refractivity contribution in [2.45, 2.75) is 12.5 Å². The van der Waals surface area contributed by atoms with E-state index < -0.39 is 0 Å². The minimum Gasteiger partial charge on any atom is -0.370 e. The number of nitrogens with one attached hydrogen (secondary N) is 1. The number of nitrogens with two attached hydrogens (primary N) is 1. The topological polar surface area (TPSA) is 53.6 Å². The number of halogens is 1. The fraction of sp³-hybridized carbons (Fsp3) is 0.417. The van der Waals surface area contributed by atoms with Crippen LogP contribution in [-0.2, 0) is 0 Å². The lowest BCUT2D eigenvalue weighted by Gasteiger charge is -2.19. The molecule has 5 heteroatoms. The number of nitrogens with zero attached hydrogens (tertiary/aromatic N) is 2. The van der Waals surface area contributed by atoms with E-state index in [2.05, 4.69) is 39.5 Å². The predicted molar refractivity (Wildman–Crippen MR) is 83.2 cm³/mol. The van der Waals surface area contributed by atoms with Crippen molar-refractivity contribution in [3.05, 3.63) is 30.3 Å². The van der Waals surface area contributed by atoms with Crippen LogP contribution in [0.4, 0.5) is 5.69 Å². The first-order valence-corrected chi connectivity index (χ1v) is 5.58. The zero-order chi connectivity index (χ0) is 11.4. The maximum Gasteiger partial charge on any atom is 0.188 e. The zero-order valence-electron chi connectivity index (χ0n) is 9.97. The summed E-state index contributed by atoms with van der Waals surface area (Å²) in [7, 11) is 1.70. The molecular formula is C12H19IN4. The van der Waals surface area contributed by atoms with Crippen LogP contribution in [0.15, 0.2) is 35.3 Å². The Morgan fingerprint density at radius 3 is 2.76 bits per heavy atom. The minimum absolute atomic E-state index is 0. The molecule has 0 aromatic heterocycles. The van der Waals surface area contributed by atoms with Gasteiger partial charge < -0.3 is 16.0 Å². The van der Waals surface area contributed by atoms with Gasteiger partial charge in [0.15, 0.2) is 5.96 Å². The standard InChI is InChI=1S/C12H18N4.HI/c1-14-12(13)15-10-7-8-16(9-10)11-5-3-2-4-6-11;/h2-6,10H,7-9H2,1H3,(H3,13,14,15);1H. The molecule has 1 atom stereocenters. The summed E-state index contributed by atoms with van der Waals surface area (Å²) in [4.78, 5) is 6.28. The molecule has 17 heavy (non-hydrogen) atoms. The number of rotatable bonds is 2. The average Bonchev–Trinajstić information content (AvgIpc) is 2.78. The van der Waals surface area contributed by atoms with Gasteiger partial charge in [0.05, 0.1) is 0 Å². The Hall–Kier alpha value is -0.980. The summed E-state index contributed by atoms with van der Waals surface area (Å²) in [6.45, 7) is 2.05. The molecule has 1 aliphatic heterocycles. The van der Waals surface area contributed by atoms with Crippen molar-refractivity contribution >= 4 is 35.6 Å². The summed E-state index contributed by atoms with van der Waals surface area (Å²) < 4.78 is 0. The lowest BCUT2D eigenvalue weighted by Crippen LogP contribution is -2.41. The van der Waals surface area contributed by atoms with Crippen LogP contribution in [0.3, 0.4) is 0 Å². The predicted octanol–water partition coefficient (Wildman–Crippen LogP) is 1.42. The highest BCUT2D eigenvalue weighted by atomic mass is 127. The first-order valence-electron chi connectivity index (χ1n) is 5.58. The van der Waals surface area contributed by atoms with Crippen molar-refractivity contribution < 1.29 is 0 Å². The molecule has 2 rings (SSSR count). The molecule has 1 fully saturated rings. The van der Waals surface area contributed by atoms with Crippen LogP contribution < -0.4 is 16.0 Å². The third-order valence-electron chi connectivity index (χ3n) is 2.90. The number of aliphatic imine (C=N–C) groups is 1. The first kappa shape index (κ1) is 14.1. The molecule has 1 saturated heterocycles. The average molecular weight is 346 g/mol. The molecule has 3 N–H and O–H groups in total. The van der Waals surface area contributed by atoms with Gasteiger partial charge in [-0.3, -0.25) is 4.99 Å². The van der Waals surface area contributed by atoms with Crippen molar-refractivity contribution in [1.29, 1.82) is 0 Å². The molecule has 0 bridgehead atoms. The first-order chi connectivity index (χ1) is 7.79. The van der Waals surface area contributed by atoms with Crippen LogP contribution >= 0.6 is 24.0 Å². The fourth-order valence-electron chi connectivity index (χ4n) is 2.03. The van der Waals surface area contributed by atoms with Crippen molar-refractivity contribution in [3.63, 3.8) is 0 Å². The molecular weight excluding hydrogens is 327 g/mol. The Balaban J connectivity index is 0.00000144. The molecule has 1 aromatic rings. The lowest BCUT2D eigenvalue weighted by molar-refractivity contribution is 0.666. The second kappa shape index (κ2) is 6.68. The lowest BCUT2D eigenvalue weighted by atomic mass is 10.3. The Labute approximate surface area is 119 Å². The Morgan fingerprint density at radius 1 is 1.41 bits per heavy atom. The van der Waals surface area contributed by atoms with Gasteiger partial charge in [0.25, 0.3) is 0 Å². The molecule has 1 aromatic carbocycles. The highest BCUT2D eigenvalue weighted by Gasteiger charge is 2.22. The summed E-state index contributed by atoms with van der Waals surface area (Å²) in [5.74, 6) is 0.528. The number of para-hydroxylation sites is 1. The number of benzene rings is 1. The summed E-state index contributed by atoms with van der Waals surface area (Å²) >= 11 is 0. The van der Waals surface area contributed by atoms with E-state index in [1.54, 1.807) is 7.05 Å².